The van der Waals surface area contributed by atoms with Gasteiger partial charge in [-0.05, 0) is 37.6 Å². The molecule has 0 aliphatic heterocycles. The number of nitrogens with zero attached hydrogens (tertiary/aromatic N) is 1. The van der Waals surface area contributed by atoms with Gasteiger partial charge >= 0.3 is 5.97 Å². The van der Waals surface area contributed by atoms with Gasteiger partial charge < -0.3 is 36.2 Å². The number of phenols is 1. The molecule has 0 aromatic heterocycles. The molecule has 3 aliphatic carbocycles. The van der Waals surface area contributed by atoms with Gasteiger partial charge in [-0.1, -0.05) is 33.8 Å². The molecule has 1 aromatic carbocycles. The number of anilines is 1. The molecule has 3 aliphatic rings. The van der Waals surface area contributed by atoms with Gasteiger partial charge in [-0.3, -0.25) is 28.9 Å². The molecule has 1 saturated carbocycles. The summed E-state index contributed by atoms with van der Waals surface area (Å²) in [5.41, 5.74) is 0.979. The number of hydrogen-bond donors (Lipinski definition) is 6. The summed E-state index contributed by atoms with van der Waals surface area (Å²) in [6.07, 6.45) is -1.44. The van der Waals surface area contributed by atoms with Gasteiger partial charge in [-0.15, -0.1) is 0 Å². The number of nitrogens with one attached hydrogen (secondary N) is 1. The molecule has 4 rings (SSSR count). The van der Waals surface area contributed by atoms with Crippen molar-refractivity contribution in [1.29, 1.82) is 0 Å². The molecule has 43 heavy (non-hydrogen) atoms. The predicted molar refractivity (Wildman–Crippen MR) is 153 cm³/mol. The smallest absolute Gasteiger partial charge is 0.305 e. The van der Waals surface area contributed by atoms with Gasteiger partial charge in [0.05, 0.1) is 23.2 Å². The number of hydrogen-bond acceptors (Lipinski definition) is 11. The molecule has 0 bridgehead atoms. The molecule has 1 aromatic rings. The van der Waals surface area contributed by atoms with Crippen LogP contribution < -0.4 is 11.1 Å². The molecule has 232 valence electrons. The lowest BCUT2D eigenvalue weighted by molar-refractivity contribution is -0.185. The summed E-state index contributed by atoms with van der Waals surface area (Å²) in [7, 11) is 2.89. The number of ketones is 2. The summed E-state index contributed by atoms with van der Waals surface area (Å²) in [6.45, 7) is 6.84. The highest BCUT2D eigenvalue weighted by atomic mass is 16.5. The number of phenolic OH excluding ortho intramolecular Hbond substituents is 1. The Balaban J connectivity index is 2.03. The Morgan fingerprint density at radius 3 is 2.30 bits per heavy atom. The standard InChI is InChI=1S/C30H37N3O10/c1-7-16(35)43-26-17-12(4)13-8-9-14(32-15(34)10-11(2)3)23(36)18(13)24(37)19(17)27(39)30(42)21(26)22(33(5)6)25(38)20(28(30)40)29(31)41/h8-9,11-12,17,21-22,26,36-37,40,42H,7,10H2,1-6H3,(H2,31,41)(H,32,34)/t12-,17+,21+,22?,26-,30-/m0/s1. The van der Waals surface area contributed by atoms with Crippen LogP contribution in [0.15, 0.2) is 29.0 Å². The zero-order valence-electron chi connectivity index (χ0n) is 24.8. The minimum Gasteiger partial charge on any atom is -0.508 e. The van der Waals surface area contributed by atoms with Gasteiger partial charge in [0, 0.05) is 24.3 Å². The van der Waals surface area contributed by atoms with Crippen molar-refractivity contribution in [3.05, 3.63) is 40.2 Å². The lowest BCUT2D eigenvalue weighted by Crippen LogP contribution is -2.71. The molecule has 1 fully saturated rings. The van der Waals surface area contributed by atoms with Gasteiger partial charge in [0.1, 0.15) is 28.9 Å². The van der Waals surface area contributed by atoms with Crippen molar-refractivity contribution in [2.45, 2.75) is 64.2 Å². The largest absolute Gasteiger partial charge is 0.508 e. The van der Waals surface area contributed by atoms with Crippen molar-refractivity contribution in [2.24, 2.45) is 23.5 Å². The summed E-state index contributed by atoms with van der Waals surface area (Å²) in [6, 6.07) is 1.53. The number of aliphatic hydroxyl groups is 3. The number of carbonyl (C=O) groups excluding carboxylic acids is 5. The van der Waals surface area contributed by atoms with Crippen LogP contribution in [0.2, 0.25) is 0 Å². The average molecular weight is 600 g/mol. The van der Waals surface area contributed by atoms with Crippen LogP contribution in [0.1, 0.15) is 57.6 Å². The molecule has 0 radical (unpaired) electrons. The number of rotatable bonds is 7. The second kappa shape index (κ2) is 11.1. The van der Waals surface area contributed by atoms with Gasteiger partial charge in [0.15, 0.2) is 11.4 Å². The van der Waals surface area contributed by atoms with Crippen LogP contribution >= 0.6 is 0 Å². The quantitative estimate of drug-likeness (QED) is 0.150. The summed E-state index contributed by atoms with van der Waals surface area (Å²) < 4.78 is 5.80. The average Bonchev–Trinajstić information content (AvgIpc) is 2.90. The van der Waals surface area contributed by atoms with E-state index in [9.17, 15) is 44.4 Å². The molecule has 0 heterocycles. The molecular weight excluding hydrogens is 562 g/mol. The number of fused-ring (bicyclic) bond motifs is 3. The van der Waals surface area contributed by atoms with Gasteiger partial charge in [0.2, 0.25) is 11.7 Å². The summed E-state index contributed by atoms with van der Waals surface area (Å²) in [5, 5.41) is 48.6. The molecule has 6 atom stereocenters. The summed E-state index contributed by atoms with van der Waals surface area (Å²) >= 11 is 0. The van der Waals surface area contributed by atoms with E-state index in [4.69, 9.17) is 10.5 Å². The van der Waals surface area contributed by atoms with Crippen molar-refractivity contribution < 1.29 is 49.1 Å². The maximum atomic E-state index is 14.3. The molecular formula is C30H37N3O10. The van der Waals surface area contributed by atoms with E-state index in [0.29, 0.717) is 5.56 Å². The number of esters is 1. The van der Waals surface area contributed by atoms with Crippen molar-refractivity contribution in [3.63, 3.8) is 0 Å². The zero-order chi connectivity index (χ0) is 32.3. The first-order chi connectivity index (χ1) is 20.0. The van der Waals surface area contributed by atoms with E-state index in [1.807, 2.05) is 13.8 Å². The minimum atomic E-state index is -3.03. The Morgan fingerprint density at radius 1 is 1.14 bits per heavy atom. The Bertz CT molecular complexity index is 1490. The second-order valence-electron chi connectivity index (χ2n) is 11.9. The number of amides is 2. The predicted octanol–water partition coefficient (Wildman–Crippen LogP) is 1.44. The van der Waals surface area contributed by atoms with Crippen LogP contribution in [0, 0.1) is 17.8 Å². The first-order valence-corrected chi connectivity index (χ1v) is 14.0. The molecule has 0 spiro atoms. The molecule has 13 heteroatoms. The minimum absolute atomic E-state index is 0.0202. The molecule has 7 N–H and O–H groups in total. The number of likely N-dealkylation sites (N-methyl/N-ethyl adjacent to an activating group) is 1. The maximum absolute atomic E-state index is 14.3. The monoisotopic (exact) mass is 599 g/mol. The van der Waals surface area contributed by atoms with Crippen LogP contribution in [-0.2, 0) is 28.7 Å². The van der Waals surface area contributed by atoms with E-state index in [-0.39, 0.29) is 30.0 Å². The Kier molecular flexibility index (Phi) is 8.20. The van der Waals surface area contributed by atoms with Crippen molar-refractivity contribution in [3.8, 4) is 5.75 Å². The van der Waals surface area contributed by atoms with E-state index in [2.05, 4.69) is 5.32 Å². The van der Waals surface area contributed by atoms with Crippen LogP contribution in [0.25, 0.3) is 5.76 Å². The van der Waals surface area contributed by atoms with Gasteiger partial charge in [-0.2, -0.15) is 0 Å². The Labute approximate surface area is 248 Å². The van der Waals surface area contributed by atoms with Crippen LogP contribution in [0.4, 0.5) is 5.69 Å². The van der Waals surface area contributed by atoms with Gasteiger partial charge in [-0.25, -0.2) is 0 Å². The van der Waals surface area contributed by atoms with Crippen molar-refractivity contribution in [1.82, 2.24) is 4.90 Å². The van der Waals surface area contributed by atoms with E-state index in [1.54, 1.807) is 13.0 Å². The second-order valence-corrected chi connectivity index (χ2v) is 11.9. The molecule has 2 amide bonds. The van der Waals surface area contributed by atoms with E-state index < -0.39 is 93.3 Å². The number of Topliss-reactive ketones (excluding diaryl/α,β-unsaturated/α-hetero) is 2. The number of aliphatic hydroxyl groups excluding tert-OH is 2. The highest BCUT2D eigenvalue weighted by molar-refractivity contribution is 6.24. The Hall–Kier alpha value is -4.23. The lowest BCUT2D eigenvalue weighted by Gasteiger charge is -2.54. The normalized spacial score (nSPS) is 28.4. The number of carbonyl (C=O) groups is 5. The number of nitrogens with two attached hydrogens (primary N) is 1. The fourth-order valence-corrected chi connectivity index (χ4v) is 6.64. The topological polar surface area (TPSA) is 217 Å². The highest BCUT2D eigenvalue weighted by Crippen LogP contribution is 2.57. The van der Waals surface area contributed by atoms with Crippen LogP contribution in [0.3, 0.4) is 0 Å². The number of primary amides is 1. The third-order valence-electron chi connectivity index (χ3n) is 8.53. The molecule has 0 saturated heterocycles. The first-order valence-electron chi connectivity index (χ1n) is 14.0. The maximum Gasteiger partial charge on any atom is 0.305 e. The summed E-state index contributed by atoms with van der Waals surface area (Å²) in [4.78, 5) is 66.6. The van der Waals surface area contributed by atoms with E-state index >= 15 is 0 Å². The number of aromatic hydroxyl groups is 1. The van der Waals surface area contributed by atoms with Crippen molar-refractivity contribution >= 4 is 40.8 Å². The van der Waals surface area contributed by atoms with Crippen LogP contribution in [0.5, 0.6) is 5.75 Å². The highest BCUT2D eigenvalue weighted by Gasteiger charge is 2.69. The van der Waals surface area contributed by atoms with Gasteiger partial charge in [0.25, 0.3) is 5.91 Å². The summed E-state index contributed by atoms with van der Waals surface area (Å²) in [5.74, 6) is -10.9. The lowest BCUT2D eigenvalue weighted by atomic mass is 9.54. The number of ether oxygens (including phenoxy) is 1. The fraction of sp³-hybridized carbons (Fsp3) is 0.500. The van der Waals surface area contributed by atoms with E-state index in [0.717, 1.165) is 0 Å². The third kappa shape index (κ3) is 4.76. The third-order valence-corrected chi connectivity index (χ3v) is 8.53. The zero-order valence-corrected chi connectivity index (χ0v) is 24.8. The molecule has 1 unspecified atom stereocenters. The first kappa shape index (κ1) is 31.7. The van der Waals surface area contributed by atoms with E-state index in [1.165, 1.54) is 32.0 Å². The fourth-order valence-electron chi connectivity index (χ4n) is 6.64. The van der Waals surface area contributed by atoms with Crippen molar-refractivity contribution in [2.75, 3.05) is 19.4 Å². The Morgan fingerprint density at radius 2 is 1.77 bits per heavy atom. The molecule has 13 nitrogen and oxygen atoms in total. The SMILES string of the molecule is CCC(=O)O[C@H]1[C@H]2C(=C(O)c3c(ccc(NC(=O)CC(C)C)c3O)[C@@H]2C)C(=O)[C@]2(O)C(O)=C(C(N)=O)C(=O)C(N(C)C)[C@H]12. The number of benzene rings is 1. The van der Waals surface area contributed by atoms with Crippen LogP contribution in [-0.4, -0.2) is 86.5 Å².